The average Bonchev–Trinajstić information content (AvgIpc) is 3.26. The van der Waals surface area contributed by atoms with Crippen LogP contribution in [-0.4, -0.2) is 24.0 Å². The number of thiazole rings is 1. The number of fused-ring (bicyclic) bond motifs is 1. The summed E-state index contributed by atoms with van der Waals surface area (Å²) in [5.41, 5.74) is 4.57. The van der Waals surface area contributed by atoms with Crippen LogP contribution in [0.25, 0.3) is 10.2 Å². The number of aryl methyl sites for hydroxylation is 2. The van der Waals surface area contributed by atoms with Gasteiger partial charge in [0.1, 0.15) is 0 Å². The molecule has 5 nitrogen and oxygen atoms in total. The molecular weight excluding hydrogens is 408 g/mol. The highest BCUT2D eigenvalue weighted by atomic mass is 32.1. The Bertz CT molecular complexity index is 1230. The van der Waals surface area contributed by atoms with Gasteiger partial charge in [-0.1, -0.05) is 65.9 Å². The largest absolute Gasteiger partial charge is 0.465 e. The Kier molecular flexibility index (Phi) is 5.82. The lowest BCUT2D eigenvalue weighted by Gasteiger charge is -2.21. The molecule has 1 heterocycles. The highest BCUT2D eigenvalue weighted by Gasteiger charge is 2.26. The molecule has 6 heteroatoms. The van der Waals surface area contributed by atoms with Gasteiger partial charge in [-0.15, -0.1) is 0 Å². The van der Waals surface area contributed by atoms with E-state index >= 15 is 0 Å². The van der Waals surface area contributed by atoms with Crippen molar-refractivity contribution in [3.63, 3.8) is 0 Å². The zero-order chi connectivity index (χ0) is 22.0. The van der Waals surface area contributed by atoms with Crippen LogP contribution in [0, 0.1) is 13.8 Å². The van der Waals surface area contributed by atoms with Crippen LogP contribution in [0.15, 0.2) is 66.7 Å². The van der Waals surface area contributed by atoms with E-state index in [1.807, 2.05) is 50.2 Å². The Morgan fingerprint density at radius 1 is 0.903 bits per heavy atom. The normalized spacial score (nSPS) is 10.8. The third kappa shape index (κ3) is 4.07. The summed E-state index contributed by atoms with van der Waals surface area (Å²) in [6, 6.07) is 20.6. The topological polar surface area (TPSA) is 59.5 Å². The van der Waals surface area contributed by atoms with Crippen LogP contribution in [0.5, 0.6) is 0 Å². The number of carbonyl (C=O) groups is 2. The van der Waals surface area contributed by atoms with E-state index in [0.717, 1.165) is 26.9 Å². The van der Waals surface area contributed by atoms with E-state index in [1.54, 1.807) is 29.2 Å². The third-order valence-electron chi connectivity index (χ3n) is 5.15. The number of benzene rings is 3. The van der Waals surface area contributed by atoms with Gasteiger partial charge in [0.05, 0.1) is 35.0 Å². The second-order valence-corrected chi connectivity index (χ2v) is 8.27. The van der Waals surface area contributed by atoms with Gasteiger partial charge in [0.15, 0.2) is 5.13 Å². The Hall–Kier alpha value is -3.51. The monoisotopic (exact) mass is 430 g/mol. The van der Waals surface area contributed by atoms with E-state index in [0.29, 0.717) is 11.7 Å². The number of hydrogen-bond donors (Lipinski definition) is 0. The molecule has 0 aliphatic rings. The van der Waals surface area contributed by atoms with Gasteiger partial charge in [-0.2, -0.15) is 0 Å². The minimum atomic E-state index is -0.542. The van der Waals surface area contributed by atoms with E-state index < -0.39 is 5.97 Å². The van der Waals surface area contributed by atoms with Gasteiger partial charge >= 0.3 is 5.97 Å². The van der Waals surface area contributed by atoms with Crippen molar-refractivity contribution < 1.29 is 14.3 Å². The fourth-order valence-corrected chi connectivity index (χ4v) is 4.57. The fourth-order valence-electron chi connectivity index (χ4n) is 3.46. The van der Waals surface area contributed by atoms with Crippen LogP contribution in [0.4, 0.5) is 5.13 Å². The van der Waals surface area contributed by atoms with Crippen molar-refractivity contribution in [2.45, 2.75) is 20.4 Å². The number of esters is 1. The maximum Gasteiger partial charge on any atom is 0.338 e. The van der Waals surface area contributed by atoms with Gasteiger partial charge in [-0.25, -0.2) is 9.78 Å². The summed E-state index contributed by atoms with van der Waals surface area (Å²) < 4.78 is 5.95. The Balaban J connectivity index is 1.85. The number of methoxy groups -OCH3 is 1. The summed E-state index contributed by atoms with van der Waals surface area (Å²) in [4.78, 5) is 32.5. The summed E-state index contributed by atoms with van der Waals surface area (Å²) in [7, 11) is 1.31. The quantitative estimate of drug-likeness (QED) is 0.390. The number of aromatic nitrogens is 1. The van der Waals surface area contributed by atoms with Crippen molar-refractivity contribution in [3.05, 3.63) is 94.5 Å². The maximum atomic E-state index is 13.7. The minimum Gasteiger partial charge on any atom is -0.465 e. The Morgan fingerprint density at radius 2 is 1.55 bits per heavy atom. The number of carbonyl (C=O) groups excluding carboxylic acids is 2. The second kappa shape index (κ2) is 8.70. The van der Waals surface area contributed by atoms with Crippen molar-refractivity contribution in [3.8, 4) is 0 Å². The van der Waals surface area contributed by atoms with E-state index in [2.05, 4.69) is 6.07 Å². The number of anilines is 1. The molecular formula is C25H22N2O3S. The standard InChI is InChI=1S/C25H22N2O3S/c1-16-13-14-17(2)22-21(16)26-25(31-22)27(15-18-9-5-4-6-10-18)23(28)19-11-7-8-12-20(19)24(29)30-3/h4-14H,15H2,1-3H3. The number of nitrogens with zero attached hydrogens (tertiary/aromatic N) is 2. The molecule has 0 bridgehead atoms. The second-order valence-electron chi connectivity index (χ2n) is 7.29. The van der Waals surface area contributed by atoms with Crippen LogP contribution in [0.3, 0.4) is 0 Å². The first-order valence-electron chi connectivity index (χ1n) is 9.89. The summed E-state index contributed by atoms with van der Waals surface area (Å²) in [5.74, 6) is -0.834. The Labute approximate surface area is 184 Å². The summed E-state index contributed by atoms with van der Waals surface area (Å²) >= 11 is 1.49. The van der Waals surface area contributed by atoms with Gasteiger partial charge < -0.3 is 4.74 Å². The molecule has 156 valence electrons. The molecule has 0 N–H and O–H groups in total. The molecule has 0 saturated carbocycles. The lowest BCUT2D eigenvalue weighted by molar-refractivity contribution is 0.0597. The zero-order valence-electron chi connectivity index (χ0n) is 17.6. The van der Waals surface area contributed by atoms with Crippen molar-refractivity contribution in [1.82, 2.24) is 4.98 Å². The van der Waals surface area contributed by atoms with Crippen molar-refractivity contribution in [1.29, 1.82) is 0 Å². The molecule has 0 spiro atoms. The van der Waals surface area contributed by atoms with Crippen LogP contribution in [-0.2, 0) is 11.3 Å². The molecule has 1 amide bonds. The first-order valence-corrected chi connectivity index (χ1v) is 10.7. The summed E-state index contributed by atoms with van der Waals surface area (Å²) in [6.45, 7) is 4.40. The van der Waals surface area contributed by atoms with Crippen LogP contribution >= 0.6 is 11.3 Å². The smallest absolute Gasteiger partial charge is 0.338 e. The summed E-state index contributed by atoms with van der Waals surface area (Å²) in [5, 5.41) is 0.598. The number of amides is 1. The third-order valence-corrected chi connectivity index (χ3v) is 6.37. The Morgan fingerprint density at radius 3 is 2.23 bits per heavy atom. The number of hydrogen-bond acceptors (Lipinski definition) is 5. The molecule has 0 aliphatic heterocycles. The molecule has 0 saturated heterocycles. The lowest BCUT2D eigenvalue weighted by Crippen LogP contribution is -2.31. The van der Waals surface area contributed by atoms with Crippen molar-refractivity contribution in [2.24, 2.45) is 0 Å². The molecule has 4 aromatic rings. The van der Waals surface area contributed by atoms with E-state index in [9.17, 15) is 9.59 Å². The molecule has 0 unspecified atom stereocenters. The highest BCUT2D eigenvalue weighted by molar-refractivity contribution is 7.22. The molecule has 3 aromatic carbocycles. The van der Waals surface area contributed by atoms with E-state index in [-0.39, 0.29) is 17.0 Å². The van der Waals surface area contributed by atoms with Gasteiger partial charge in [0.25, 0.3) is 5.91 Å². The average molecular weight is 431 g/mol. The highest BCUT2D eigenvalue weighted by Crippen LogP contribution is 2.34. The molecule has 4 rings (SSSR count). The van der Waals surface area contributed by atoms with Gasteiger partial charge in [-0.05, 0) is 42.7 Å². The van der Waals surface area contributed by atoms with Gasteiger partial charge in [0.2, 0.25) is 0 Å². The number of rotatable bonds is 5. The summed E-state index contributed by atoms with van der Waals surface area (Å²) in [6.07, 6.45) is 0. The maximum absolute atomic E-state index is 13.7. The van der Waals surface area contributed by atoms with Crippen LogP contribution in [0.1, 0.15) is 37.4 Å². The van der Waals surface area contributed by atoms with Crippen LogP contribution in [0.2, 0.25) is 0 Å². The molecule has 0 radical (unpaired) electrons. The fraction of sp³-hybridized carbons (Fsp3) is 0.160. The molecule has 0 atom stereocenters. The lowest BCUT2D eigenvalue weighted by atomic mass is 10.1. The predicted octanol–water partition coefficient (Wildman–Crippen LogP) is 5.55. The zero-order valence-corrected chi connectivity index (χ0v) is 18.4. The minimum absolute atomic E-state index is 0.238. The van der Waals surface area contributed by atoms with Gasteiger partial charge in [-0.3, -0.25) is 9.69 Å². The van der Waals surface area contributed by atoms with Crippen LogP contribution < -0.4 is 4.90 Å². The van der Waals surface area contributed by atoms with E-state index in [1.165, 1.54) is 18.4 Å². The predicted molar refractivity (Wildman–Crippen MR) is 124 cm³/mol. The van der Waals surface area contributed by atoms with Crippen molar-refractivity contribution in [2.75, 3.05) is 12.0 Å². The molecule has 0 fully saturated rings. The molecule has 1 aromatic heterocycles. The molecule has 31 heavy (non-hydrogen) atoms. The molecule has 0 aliphatic carbocycles. The van der Waals surface area contributed by atoms with Gasteiger partial charge in [0, 0.05) is 0 Å². The van der Waals surface area contributed by atoms with E-state index in [4.69, 9.17) is 9.72 Å². The first-order chi connectivity index (χ1) is 15.0. The first kappa shape index (κ1) is 20.8. The SMILES string of the molecule is COC(=O)c1ccccc1C(=O)N(Cc1ccccc1)c1nc2c(C)ccc(C)c2s1. The van der Waals surface area contributed by atoms with Crippen molar-refractivity contribution >= 4 is 38.6 Å². The number of ether oxygens (including phenoxy) is 1.